The summed E-state index contributed by atoms with van der Waals surface area (Å²) in [4.78, 5) is 14.7. The van der Waals surface area contributed by atoms with E-state index in [9.17, 15) is 13.2 Å². The maximum Gasteiger partial charge on any atom is 0.357 e. The Kier molecular flexibility index (Phi) is 3.88. The van der Waals surface area contributed by atoms with Crippen LogP contribution in [-0.2, 0) is 16.6 Å². The second-order valence-corrected chi connectivity index (χ2v) is 6.77. The summed E-state index contributed by atoms with van der Waals surface area (Å²) in [5.41, 5.74) is 1.88. The lowest BCUT2D eigenvalue weighted by Gasteiger charge is -2.15. The fraction of sp³-hybridized carbons (Fsp3) is 0.300. The van der Waals surface area contributed by atoms with Crippen LogP contribution in [0.4, 0.5) is 0 Å². The van der Waals surface area contributed by atoms with Gasteiger partial charge in [0.2, 0.25) is 10.0 Å². The molecular weight excluding hydrogens is 304 g/mol. The number of sulfonamides is 1. The molecule has 2 aromatic heterocycles. The molecule has 0 atom stereocenters. The van der Waals surface area contributed by atoms with E-state index in [0.717, 1.165) is 4.31 Å². The predicted octanol–water partition coefficient (Wildman–Crippen LogP) is 0.694. The number of hydrogen-bond acceptors (Lipinski definition) is 6. The molecule has 10 heteroatoms. The van der Waals surface area contributed by atoms with Crippen molar-refractivity contribution in [2.75, 3.05) is 7.05 Å². The molecule has 2 aromatic rings. The summed E-state index contributed by atoms with van der Waals surface area (Å²) in [6, 6.07) is 0. The van der Waals surface area contributed by atoms with E-state index in [4.69, 9.17) is 5.11 Å². The van der Waals surface area contributed by atoms with Crippen molar-refractivity contribution in [3.05, 3.63) is 28.0 Å². The Morgan fingerprint density at radius 1 is 1.55 bits per heavy atom. The van der Waals surface area contributed by atoms with Crippen molar-refractivity contribution >= 4 is 27.3 Å². The topological polar surface area (TPSA) is 116 Å². The highest BCUT2D eigenvalue weighted by Crippen LogP contribution is 2.22. The Bertz CT molecular complexity index is 721. The minimum Gasteiger partial charge on any atom is -0.476 e. The predicted molar refractivity (Wildman–Crippen MR) is 71.1 cm³/mol. The zero-order valence-corrected chi connectivity index (χ0v) is 12.3. The van der Waals surface area contributed by atoms with Gasteiger partial charge in [0, 0.05) is 12.4 Å². The number of aryl methyl sites for hydroxylation is 1. The molecule has 2 N–H and O–H groups in total. The average Bonchev–Trinajstić information content (AvgIpc) is 2.98. The Hall–Kier alpha value is -1.78. The van der Waals surface area contributed by atoms with E-state index in [0.29, 0.717) is 5.69 Å². The molecular formula is C10H12N4O4S2. The van der Waals surface area contributed by atoms with Gasteiger partial charge in [0.15, 0.2) is 5.69 Å². The third kappa shape index (κ3) is 2.57. The third-order valence-electron chi connectivity index (χ3n) is 2.63. The van der Waals surface area contributed by atoms with Crippen LogP contribution in [0, 0.1) is 6.92 Å². The van der Waals surface area contributed by atoms with Gasteiger partial charge in [-0.3, -0.25) is 5.10 Å². The second kappa shape index (κ2) is 5.31. The summed E-state index contributed by atoms with van der Waals surface area (Å²) < 4.78 is 25.9. The zero-order valence-electron chi connectivity index (χ0n) is 10.7. The second-order valence-electron chi connectivity index (χ2n) is 4.07. The number of rotatable bonds is 5. The lowest BCUT2D eigenvalue weighted by molar-refractivity contribution is 0.0686. The highest BCUT2D eigenvalue weighted by atomic mass is 32.2. The summed E-state index contributed by atoms with van der Waals surface area (Å²) in [5.74, 6) is -1.39. The van der Waals surface area contributed by atoms with E-state index in [1.54, 1.807) is 10.9 Å². The maximum absolute atomic E-state index is 12.4. The van der Waals surface area contributed by atoms with Crippen LogP contribution < -0.4 is 0 Å². The largest absolute Gasteiger partial charge is 0.476 e. The van der Waals surface area contributed by atoms with Crippen molar-refractivity contribution in [3.8, 4) is 0 Å². The molecule has 0 aromatic carbocycles. The van der Waals surface area contributed by atoms with Gasteiger partial charge in [-0.1, -0.05) is 0 Å². The van der Waals surface area contributed by atoms with E-state index < -0.39 is 21.7 Å². The van der Waals surface area contributed by atoms with Crippen LogP contribution >= 0.6 is 11.3 Å². The molecule has 2 rings (SSSR count). The molecule has 0 radical (unpaired) electrons. The summed E-state index contributed by atoms with van der Waals surface area (Å²) in [5, 5.41) is 16.6. The monoisotopic (exact) mass is 316 g/mol. The van der Waals surface area contributed by atoms with Crippen molar-refractivity contribution in [1.82, 2.24) is 19.5 Å². The number of thiazole rings is 1. The molecule has 0 bridgehead atoms. The number of aromatic carboxylic acids is 1. The normalized spacial score (nSPS) is 11.9. The number of hydrogen-bond donors (Lipinski definition) is 2. The zero-order chi connectivity index (χ0) is 14.9. The molecule has 0 saturated heterocycles. The van der Waals surface area contributed by atoms with Crippen molar-refractivity contribution in [2.45, 2.75) is 18.4 Å². The highest BCUT2D eigenvalue weighted by Gasteiger charge is 2.31. The first-order valence-electron chi connectivity index (χ1n) is 5.45. The van der Waals surface area contributed by atoms with Crippen LogP contribution in [0.25, 0.3) is 0 Å². The molecule has 0 aliphatic carbocycles. The summed E-state index contributed by atoms with van der Waals surface area (Å²) in [7, 11) is -2.59. The van der Waals surface area contributed by atoms with E-state index in [1.165, 1.54) is 25.3 Å². The lowest BCUT2D eigenvalue weighted by Crippen LogP contribution is -2.28. The first-order chi connectivity index (χ1) is 9.34. The highest BCUT2D eigenvalue weighted by molar-refractivity contribution is 7.89. The van der Waals surface area contributed by atoms with Gasteiger partial charge in [-0.05, 0) is 6.92 Å². The molecule has 20 heavy (non-hydrogen) atoms. The van der Waals surface area contributed by atoms with Crippen LogP contribution in [-0.4, -0.2) is 46.0 Å². The van der Waals surface area contributed by atoms with Gasteiger partial charge in [-0.15, -0.1) is 11.3 Å². The smallest absolute Gasteiger partial charge is 0.357 e. The van der Waals surface area contributed by atoms with E-state index in [1.807, 2.05) is 0 Å². The lowest BCUT2D eigenvalue weighted by atomic mass is 10.4. The number of carbonyl (C=O) groups is 1. The maximum atomic E-state index is 12.4. The fourth-order valence-corrected chi connectivity index (χ4v) is 3.64. The Balaban J connectivity index is 2.40. The van der Waals surface area contributed by atoms with E-state index in [2.05, 4.69) is 15.2 Å². The molecule has 8 nitrogen and oxygen atoms in total. The fourth-order valence-electron chi connectivity index (χ4n) is 1.66. The van der Waals surface area contributed by atoms with Crippen LogP contribution in [0.5, 0.6) is 0 Å². The molecule has 0 fully saturated rings. The molecule has 0 amide bonds. The van der Waals surface area contributed by atoms with Crippen molar-refractivity contribution in [3.63, 3.8) is 0 Å². The SMILES string of the molecule is Cc1[nH]nc(C(=O)O)c1S(=O)(=O)N(C)Cc1cscn1. The van der Waals surface area contributed by atoms with Crippen LogP contribution in [0.15, 0.2) is 15.8 Å². The minimum absolute atomic E-state index is 0.0650. The van der Waals surface area contributed by atoms with Gasteiger partial charge in [-0.2, -0.15) is 9.40 Å². The first-order valence-corrected chi connectivity index (χ1v) is 7.84. The number of nitrogens with one attached hydrogen (secondary N) is 1. The van der Waals surface area contributed by atoms with Crippen molar-refractivity contribution < 1.29 is 18.3 Å². The van der Waals surface area contributed by atoms with Crippen LogP contribution in [0.2, 0.25) is 0 Å². The molecule has 0 unspecified atom stereocenters. The number of carboxylic acids is 1. The van der Waals surface area contributed by atoms with Gasteiger partial charge in [-0.25, -0.2) is 18.2 Å². The summed E-state index contributed by atoms with van der Waals surface area (Å²) in [6.07, 6.45) is 0. The Labute approximate surface area is 119 Å². The summed E-state index contributed by atoms with van der Waals surface area (Å²) in [6.45, 7) is 1.53. The minimum atomic E-state index is -3.95. The van der Waals surface area contributed by atoms with Gasteiger partial charge >= 0.3 is 5.97 Å². The van der Waals surface area contributed by atoms with Gasteiger partial charge in [0.05, 0.1) is 23.4 Å². The van der Waals surface area contributed by atoms with E-state index in [-0.39, 0.29) is 17.1 Å². The number of aromatic amines is 1. The van der Waals surface area contributed by atoms with Gasteiger partial charge in [0.25, 0.3) is 0 Å². The Morgan fingerprint density at radius 3 is 2.80 bits per heavy atom. The van der Waals surface area contributed by atoms with Gasteiger partial charge in [0.1, 0.15) is 4.90 Å². The van der Waals surface area contributed by atoms with Gasteiger partial charge < -0.3 is 5.11 Å². The third-order valence-corrected chi connectivity index (χ3v) is 5.23. The molecule has 108 valence electrons. The standard InChI is InChI=1S/C10H12N4O4S2/c1-6-9(8(10(15)16)13-12-6)20(17,18)14(2)3-7-4-19-5-11-7/h4-5H,3H2,1-2H3,(H,12,13)(H,15,16). The summed E-state index contributed by atoms with van der Waals surface area (Å²) >= 11 is 1.36. The van der Waals surface area contributed by atoms with Crippen molar-refractivity contribution in [1.29, 1.82) is 0 Å². The van der Waals surface area contributed by atoms with Crippen molar-refractivity contribution in [2.24, 2.45) is 0 Å². The molecule has 0 spiro atoms. The number of nitrogens with zero attached hydrogens (tertiary/aromatic N) is 3. The molecule has 0 aliphatic rings. The first kappa shape index (κ1) is 14.6. The van der Waals surface area contributed by atoms with Crippen LogP contribution in [0.1, 0.15) is 21.9 Å². The molecule has 2 heterocycles. The number of aromatic nitrogens is 3. The Morgan fingerprint density at radius 2 is 2.25 bits per heavy atom. The van der Waals surface area contributed by atoms with E-state index >= 15 is 0 Å². The average molecular weight is 316 g/mol. The number of H-pyrrole nitrogens is 1. The van der Waals surface area contributed by atoms with Crippen LogP contribution in [0.3, 0.4) is 0 Å². The quantitative estimate of drug-likeness (QED) is 0.838. The molecule has 0 saturated carbocycles. The molecule has 0 aliphatic heterocycles. The number of carboxylic acid groups (broad SMARTS) is 1.